The summed E-state index contributed by atoms with van der Waals surface area (Å²) in [5.41, 5.74) is 1.94. The monoisotopic (exact) mass is 374 g/mol. The molecule has 0 bridgehead atoms. The second-order valence-electron chi connectivity index (χ2n) is 6.68. The summed E-state index contributed by atoms with van der Waals surface area (Å²) in [7, 11) is 0. The molecule has 1 atom stereocenters. The number of halogens is 1. The minimum absolute atomic E-state index is 0.122. The van der Waals surface area contributed by atoms with E-state index in [1.54, 1.807) is 19.2 Å². The predicted octanol–water partition coefficient (Wildman–Crippen LogP) is 3.40. The fourth-order valence-electron chi connectivity index (χ4n) is 3.15. The highest BCUT2D eigenvalue weighted by Gasteiger charge is 2.22. The van der Waals surface area contributed by atoms with Crippen LogP contribution >= 0.6 is 11.6 Å². The fourth-order valence-corrected chi connectivity index (χ4v) is 3.40. The SMILES string of the molecule is Cc1cccc(NC(=O)[C@H](C)n2ncc(N3CCCCC3)c(Cl)c2=O)c1. The molecular formula is C19H23ClN4O2. The molecule has 1 aromatic heterocycles. The number of nitrogens with one attached hydrogen (secondary N) is 1. The zero-order chi connectivity index (χ0) is 18.7. The largest absolute Gasteiger partial charge is 0.369 e. The van der Waals surface area contributed by atoms with Gasteiger partial charge in [0.25, 0.3) is 5.56 Å². The van der Waals surface area contributed by atoms with Crippen molar-refractivity contribution in [3.05, 3.63) is 51.4 Å². The summed E-state index contributed by atoms with van der Waals surface area (Å²) in [4.78, 5) is 27.2. The van der Waals surface area contributed by atoms with E-state index in [2.05, 4.69) is 15.3 Å². The molecule has 0 saturated carbocycles. The van der Waals surface area contributed by atoms with E-state index in [-0.39, 0.29) is 10.9 Å². The molecule has 1 N–H and O–H groups in total. The molecule has 2 aromatic rings. The molecule has 138 valence electrons. The van der Waals surface area contributed by atoms with E-state index in [4.69, 9.17) is 11.6 Å². The lowest BCUT2D eigenvalue weighted by atomic mass is 10.1. The van der Waals surface area contributed by atoms with Gasteiger partial charge in [-0.2, -0.15) is 5.10 Å². The minimum Gasteiger partial charge on any atom is -0.369 e. The highest BCUT2D eigenvalue weighted by Crippen LogP contribution is 2.25. The van der Waals surface area contributed by atoms with Crippen LogP contribution in [-0.4, -0.2) is 28.8 Å². The molecule has 26 heavy (non-hydrogen) atoms. The molecule has 0 aliphatic carbocycles. The van der Waals surface area contributed by atoms with Gasteiger partial charge in [0, 0.05) is 18.8 Å². The molecule has 1 aliphatic rings. The maximum atomic E-state index is 12.6. The van der Waals surface area contributed by atoms with Gasteiger partial charge in [-0.15, -0.1) is 0 Å². The third kappa shape index (κ3) is 3.90. The Labute approximate surface area is 157 Å². The first-order valence-electron chi connectivity index (χ1n) is 8.87. The Morgan fingerprint density at radius 3 is 2.69 bits per heavy atom. The lowest BCUT2D eigenvalue weighted by molar-refractivity contribution is -0.119. The third-order valence-corrected chi connectivity index (χ3v) is 5.01. The number of benzene rings is 1. The van der Waals surface area contributed by atoms with E-state index in [1.807, 2.05) is 25.1 Å². The standard InChI is InChI=1S/C19H23ClN4O2/c1-13-7-6-8-15(11-13)22-18(25)14(2)24-19(26)17(20)16(12-21-24)23-9-4-3-5-10-23/h6-8,11-12,14H,3-5,9-10H2,1-2H3,(H,22,25)/t14-/m0/s1. The van der Waals surface area contributed by atoms with Crippen LogP contribution in [-0.2, 0) is 4.79 Å². The Balaban J connectivity index is 1.80. The van der Waals surface area contributed by atoms with Crippen LogP contribution in [0.3, 0.4) is 0 Å². The molecule has 0 radical (unpaired) electrons. The van der Waals surface area contributed by atoms with E-state index in [0.717, 1.165) is 36.2 Å². The Morgan fingerprint density at radius 1 is 1.27 bits per heavy atom. The summed E-state index contributed by atoms with van der Waals surface area (Å²) in [5.74, 6) is -0.313. The minimum atomic E-state index is -0.768. The molecule has 1 aromatic carbocycles. The average Bonchev–Trinajstić information content (AvgIpc) is 2.64. The highest BCUT2D eigenvalue weighted by molar-refractivity contribution is 6.33. The highest BCUT2D eigenvalue weighted by atomic mass is 35.5. The van der Waals surface area contributed by atoms with E-state index in [9.17, 15) is 9.59 Å². The van der Waals surface area contributed by atoms with E-state index in [0.29, 0.717) is 11.4 Å². The first-order valence-corrected chi connectivity index (χ1v) is 9.25. The van der Waals surface area contributed by atoms with Gasteiger partial charge in [0.2, 0.25) is 5.91 Å². The first-order chi connectivity index (χ1) is 12.5. The number of piperidine rings is 1. The van der Waals surface area contributed by atoms with Crippen molar-refractivity contribution in [2.45, 2.75) is 39.2 Å². The number of carbonyl (C=O) groups is 1. The van der Waals surface area contributed by atoms with Gasteiger partial charge in [-0.1, -0.05) is 23.7 Å². The van der Waals surface area contributed by atoms with Gasteiger partial charge < -0.3 is 10.2 Å². The molecule has 1 fully saturated rings. The summed E-state index contributed by atoms with van der Waals surface area (Å²) < 4.78 is 1.14. The Hall–Kier alpha value is -2.34. The van der Waals surface area contributed by atoms with Crippen molar-refractivity contribution in [3.8, 4) is 0 Å². The Morgan fingerprint density at radius 2 is 2.00 bits per heavy atom. The summed E-state index contributed by atoms with van der Waals surface area (Å²) in [6.07, 6.45) is 4.93. The fraction of sp³-hybridized carbons (Fsp3) is 0.421. The molecular weight excluding hydrogens is 352 g/mol. The van der Waals surface area contributed by atoms with Gasteiger partial charge in [0.1, 0.15) is 11.1 Å². The van der Waals surface area contributed by atoms with Crippen LogP contribution in [0.2, 0.25) is 5.02 Å². The second-order valence-corrected chi connectivity index (χ2v) is 7.05. The van der Waals surface area contributed by atoms with Crippen LogP contribution in [0.4, 0.5) is 11.4 Å². The molecule has 0 unspecified atom stereocenters. The number of hydrogen-bond donors (Lipinski definition) is 1. The topological polar surface area (TPSA) is 67.2 Å². The quantitative estimate of drug-likeness (QED) is 0.890. The van der Waals surface area contributed by atoms with Gasteiger partial charge in [0.05, 0.1) is 11.9 Å². The normalized spacial score (nSPS) is 15.6. The van der Waals surface area contributed by atoms with Gasteiger partial charge >= 0.3 is 0 Å². The summed E-state index contributed by atoms with van der Waals surface area (Å²) >= 11 is 6.31. The van der Waals surface area contributed by atoms with Gasteiger partial charge in [-0.3, -0.25) is 9.59 Å². The summed E-state index contributed by atoms with van der Waals surface area (Å²) in [5, 5.41) is 7.15. The number of rotatable bonds is 4. The van der Waals surface area contributed by atoms with Crippen molar-refractivity contribution in [1.29, 1.82) is 0 Å². The molecule has 2 heterocycles. The maximum absolute atomic E-state index is 12.6. The number of aryl methyl sites for hydroxylation is 1. The van der Waals surface area contributed by atoms with E-state index >= 15 is 0 Å². The van der Waals surface area contributed by atoms with Gasteiger partial charge in [-0.05, 0) is 50.8 Å². The molecule has 3 rings (SSSR count). The molecule has 1 saturated heterocycles. The summed E-state index contributed by atoms with van der Waals surface area (Å²) in [6, 6.07) is 6.72. The van der Waals surface area contributed by atoms with Crippen LogP contribution in [0.25, 0.3) is 0 Å². The number of carbonyl (C=O) groups excluding carboxylic acids is 1. The third-order valence-electron chi connectivity index (χ3n) is 4.65. The first kappa shape index (κ1) is 18.5. The smallest absolute Gasteiger partial charge is 0.288 e. The van der Waals surface area contributed by atoms with Crippen molar-refractivity contribution in [1.82, 2.24) is 9.78 Å². The Bertz CT molecular complexity index is 859. The van der Waals surface area contributed by atoms with Crippen LogP contribution in [0, 0.1) is 6.92 Å². The number of hydrogen-bond acceptors (Lipinski definition) is 4. The van der Waals surface area contributed by atoms with Crippen LogP contribution in [0.1, 0.15) is 37.8 Å². The zero-order valence-electron chi connectivity index (χ0n) is 15.0. The van der Waals surface area contributed by atoms with Crippen molar-refractivity contribution < 1.29 is 4.79 Å². The summed E-state index contributed by atoms with van der Waals surface area (Å²) in [6.45, 7) is 5.32. The Kier molecular flexibility index (Phi) is 5.61. The number of anilines is 2. The van der Waals surface area contributed by atoms with Crippen LogP contribution < -0.4 is 15.8 Å². The van der Waals surface area contributed by atoms with Crippen molar-refractivity contribution in [2.75, 3.05) is 23.3 Å². The van der Waals surface area contributed by atoms with Crippen molar-refractivity contribution in [2.24, 2.45) is 0 Å². The van der Waals surface area contributed by atoms with E-state index in [1.165, 1.54) is 6.42 Å². The average molecular weight is 375 g/mol. The second kappa shape index (κ2) is 7.91. The zero-order valence-corrected chi connectivity index (χ0v) is 15.8. The molecule has 7 heteroatoms. The maximum Gasteiger partial charge on any atom is 0.288 e. The number of aromatic nitrogens is 2. The lowest BCUT2D eigenvalue weighted by Crippen LogP contribution is -2.36. The van der Waals surface area contributed by atoms with Crippen molar-refractivity contribution in [3.63, 3.8) is 0 Å². The number of nitrogens with zero attached hydrogens (tertiary/aromatic N) is 3. The molecule has 0 spiro atoms. The van der Waals surface area contributed by atoms with Gasteiger partial charge in [0.15, 0.2) is 0 Å². The molecule has 1 amide bonds. The molecule has 1 aliphatic heterocycles. The van der Waals surface area contributed by atoms with Crippen LogP contribution in [0.5, 0.6) is 0 Å². The van der Waals surface area contributed by atoms with Crippen LogP contribution in [0.15, 0.2) is 35.3 Å². The number of amides is 1. The predicted molar refractivity (Wildman–Crippen MR) is 104 cm³/mol. The molecule has 6 nitrogen and oxygen atoms in total. The lowest BCUT2D eigenvalue weighted by Gasteiger charge is -2.29. The van der Waals surface area contributed by atoms with E-state index < -0.39 is 11.6 Å². The van der Waals surface area contributed by atoms with Crippen molar-refractivity contribution >= 4 is 28.9 Å². The van der Waals surface area contributed by atoms with Gasteiger partial charge in [-0.25, -0.2) is 4.68 Å².